The molecule has 0 aliphatic heterocycles. The van der Waals surface area contributed by atoms with E-state index in [0.717, 1.165) is 16.6 Å². The molecule has 0 aliphatic rings. The normalized spacial score (nSPS) is 13.8. The molecule has 6 N–H and O–H groups in total. The van der Waals surface area contributed by atoms with Crippen LogP contribution in [0, 0.1) is 10.6 Å². The van der Waals surface area contributed by atoms with E-state index in [9.17, 15) is 24.4 Å². The first kappa shape index (κ1) is 38.5. The van der Waals surface area contributed by atoms with Crippen molar-refractivity contribution in [3.8, 4) is 0 Å². The van der Waals surface area contributed by atoms with E-state index in [1.165, 1.54) is 24.5 Å². The number of hydrogen-bond acceptors (Lipinski definition) is 7. The number of rotatable bonds is 17. The van der Waals surface area contributed by atoms with Crippen molar-refractivity contribution in [1.82, 2.24) is 36.6 Å². The van der Waals surface area contributed by atoms with Gasteiger partial charge < -0.3 is 36.8 Å². The molecule has 2 heterocycles. The highest BCUT2D eigenvalue weighted by atomic mass is 16.5. The van der Waals surface area contributed by atoms with E-state index < -0.39 is 36.0 Å². The Labute approximate surface area is 299 Å². The van der Waals surface area contributed by atoms with E-state index in [1.54, 1.807) is 6.92 Å². The van der Waals surface area contributed by atoms with Crippen molar-refractivity contribution in [3.63, 3.8) is 0 Å². The van der Waals surface area contributed by atoms with Gasteiger partial charge in [-0.15, -0.1) is 0 Å². The minimum atomic E-state index is -0.926. The molecule has 13 heteroatoms. The summed E-state index contributed by atoms with van der Waals surface area (Å²) in [5.41, 5.74) is 2.63. The highest BCUT2D eigenvalue weighted by Crippen LogP contribution is 2.21. The predicted molar refractivity (Wildman–Crippen MR) is 195 cm³/mol. The van der Waals surface area contributed by atoms with Crippen LogP contribution < -0.4 is 31.3 Å². The number of imidazole rings is 1. The monoisotopic (exact) mass is 698 g/mol. The molecule has 0 saturated carbocycles. The van der Waals surface area contributed by atoms with Crippen LogP contribution in [0.4, 0.5) is 0 Å². The Balaban J connectivity index is 1.40. The Bertz CT molecular complexity index is 1720. The smallest absolute Gasteiger partial charge is 0.252 e. The summed E-state index contributed by atoms with van der Waals surface area (Å²) in [6.07, 6.45) is 4.23. The van der Waals surface area contributed by atoms with Gasteiger partial charge in [-0.25, -0.2) is 4.98 Å². The van der Waals surface area contributed by atoms with E-state index in [2.05, 4.69) is 36.6 Å². The molecular weight excluding hydrogens is 648 g/mol. The molecule has 0 bridgehead atoms. The van der Waals surface area contributed by atoms with Crippen LogP contribution in [0.3, 0.4) is 0 Å². The lowest BCUT2D eigenvalue weighted by molar-refractivity contribution is -0.605. The molecular formula is C38H50N8O5. The van der Waals surface area contributed by atoms with Crippen LogP contribution in [-0.2, 0) is 27.3 Å². The molecule has 0 unspecified atom stereocenters. The second-order valence-corrected chi connectivity index (χ2v) is 14.0. The summed E-state index contributed by atoms with van der Waals surface area (Å²) < 4.78 is 0.573. The van der Waals surface area contributed by atoms with Crippen LogP contribution in [0.1, 0.15) is 75.6 Å². The lowest BCUT2D eigenvalue weighted by Crippen LogP contribution is -2.57. The zero-order valence-corrected chi connectivity index (χ0v) is 30.0. The Morgan fingerprint density at radius 2 is 1.53 bits per heavy atom. The Morgan fingerprint density at radius 1 is 0.863 bits per heavy atom. The van der Waals surface area contributed by atoms with E-state index in [-0.39, 0.29) is 35.9 Å². The average Bonchev–Trinajstić information content (AvgIpc) is 3.52. The van der Waals surface area contributed by atoms with Crippen molar-refractivity contribution >= 4 is 34.7 Å². The molecule has 272 valence electrons. The molecule has 4 rings (SSSR count). The van der Waals surface area contributed by atoms with Gasteiger partial charge in [-0.05, 0) is 49.3 Å². The van der Waals surface area contributed by atoms with Gasteiger partial charge in [0.1, 0.15) is 17.9 Å². The molecule has 0 spiro atoms. The van der Waals surface area contributed by atoms with Crippen molar-refractivity contribution in [3.05, 3.63) is 101 Å². The minimum Gasteiger partial charge on any atom is -0.619 e. The molecule has 4 atom stereocenters. The van der Waals surface area contributed by atoms with Crippen molar-refractivity contribution in [2.75, 3.05) is 6.54 Å². The number of H-pyrrole nitrogens is 1. The predicted octanol–water partition coefficient (Wildman–Crippen LogP) is 3.04. The molecule has 2 aromatic heterocycles. The number of carbonyl (C=O) groups is 4. The van der Waals surface area contributed by atoms with Crippen LogP contribution in [0.5, 0.6) is 0 Å². The first-order chi connectivity index (χ1) is 24.3. The summed E-state index contributed by atoms with van der Waals surface area (Å²) in [7, 11) is 0. The number of nitrogens with one attached hydrogen (secondary N) is 6. The molecule has 4 aromatic rings. The van der Waals surface area contributed by atoms with E-state index in [0.29, 0.717) is 36.2 Å². The maximum atomic E-state index is 13.8. The third-order valence-corrected chi connectivity index (χ3v) is 8.32. The number of pyridine rings is 1. The summed E-state index contributed by atoms with van der Waals surface area (Å²) in [6.45, 7) is 10.1. The Kier molecular flexibility index (Phi) is 13.7. The van der Waals surface area contributed by atoms with E-state index in [4.69, 9.17) is 0 Å². The molecule has 13 nitrogen and oxygen atoms in total. The highest BCUT2D eigenvalue weighted by molar-refractivity contribution is 5.98. The zero-order valence-electron chi connectivity index (χ0n) is 30.0. The van der Waals surface area contributed by atoms with Gasteiger partial charge in [0.15, 0.2) is 12.4 Å². The number of nitrogens with zero attached hydrogens (tertiary/aromatic N) is 2. The van der Waals surface area contributed by atoms with Gasteiger partial charge in [0.05, 0.1) is 29.2 Å². The summed E-state index contributed by atoms with van der Waals surface area (Å²) in [5.74, 6) is -0.906. The fourth-order valence-electron chi connectivity index (χ4n) is 5.66. The minimum absolute atomic E-state index is 0.217. The third kappa shape index (κ3) is 12.2. The van der Waals surface area contributed by atoms with Crippen molar-refractivity contribution in [2.45, 2.75) is 91.0 Å². The number of carbonyl (C=O) groups excluding carboxylic acids is 4. The van der Waals surface area contributed by atoms with Gasteiger partial charge in [-0.3, -0.25) is 19.2 Å². The Morgan fingerprint density at radius 3 is 2.20 bits per heavy atom. The largest absolute Gasteiger partial charge is 0.619 e. The van der Waals surface area contributed by atoms with Crippen molar-refractivity contribution in [2.24, 2.45) is 5.41 Å². The summed E-state index contributed by atoms with van der Waals surface area (Å²) in [4.78, 5) is 61.2. The van der Waals surface area contributed by atoms with Gasteiger partial charge in [0.2, 0.25) is 17.7 Å². The molecule has 0 radical (unpaired) electrons. The number of para-hydroxylation sites is 2. The van der Waals surface area contributed by atoms with Crippen LogP contribution >= 0.6 is 0 Å². The number of aromatic nitrogens is 3. The first-order valence-electron chi connectivity index (χ1n) is 17.4. The van der Waals surface area contributed by atoms with Gasteiger partial charge >= 0.3 is 0 Å². The summed E-state index contributed by atoms with van der Waals surface area (Å²) in [6, 6.07) is 17.4. The first-order valence-corrected chi connectivity index (χ1v) is 17.4. The van der Waals surface area contributed by atoms with Crippen LogP contribution in [0.2, 0.25) is 0 Å². The number of aromatic amines is 1. The maximum Gasteiger partial charge on any atom is 0.252 e. The standard InChI is InChI=1S/C38H50N8O5/c1-6-12-31(44-37(50)32(22-38(3,4)5)45-35(48)27-17-19-46(51)20-18-27)36(49)41-28(21-26-13-8-7-9-14-26)23-39-25(2)34(47)40-24-33-42-29-15-10-11-16-30(29)43-33/h7-11,13-20,25,28,31-32,39H,6,12,21-24H2,1-5H3,(H,40,47)(H,41,49)(H,42,43)(H,44,50)(H,45,48)/t25-,28-,31-,32-/m0/s1. The lowest BCUT2D eigenvalue weighted by atomic mass is 9.87. The second-order valence-electron chi connectivity index (χ2n) is 14.0. The van der Waals surface area contributed by atoms with Crippen LogP contribution in [0.25, 0.3) is 11.0 Å². The second kappa shape index (κ2) is 18.1. The number of fused-ring (bicyclic) bond motifs is 1. The average molecular weight is 699 g/mol. The van der Waals surface area contributed by atoms with Crippen LogP contribution in [0.15, 0.2) is 79.1 Å². The topological polar surface area (TPSA) is 184 Å². The summed E-state index contributed by atoms with van der Waals surface area (Å²) >= 11 is 0. The third-order valence-electron chi connectivity index (χ3n) is 8.32. The van der Waals surface area contributed by atoms with Gasteiger partial charge in [-0.1, -0.05) is 76.6 Å². The molecule has 4 amide bonds. The number of benzene rings is 2. The molecule has 0 fully saturated rings. The summed E-state index contributed by atoms with van der Waals surface area (Å²) in [5, 5.41) is 26.4. The Hall–Kier alpha value is -5.30. The van der Waals surface area contributed by atoms with Crippen LogP contribution in [-0.4, -0.2) is 64.3 Å². The van der Waals surface area contributed by atoms with Gasteiger partial charge in [-0.2, -0.15) is 4.73 Å². The quantitative estimate of drug-likeness (QED) is 0.0723. The molecule has 0 aliphatic carbocycles. The molecule has 0 saturated heterocycles. The lowest BCUT2D eigenvalue weighted by Gasteiger charge is -2.29. The SMILES string of the molecule is CCC[C@H](NC(=O)[C@H](CC(C)(C)C)NC(=O)c1cc[n+]([O-])cc1)C(=O)N[C@H](CN[C@@H](C)C(=O)NCc1nc2ccccc2[nH]1)Cc1ccccc1. The number of amides is 4. The van der Waals surface area contributed by atoms with Gasteiger partial charge in [0, 0.05) is 24.7 Å². The maximum absolute atomic E-state index is 13.8. The fourth-order valence-corrected chi connectivity index (χ4v) is 5.66. The van der Waals surface area contributed by atoms with Gasteiger partial charge in [0.25, 0.3) is 5.91 Å². The molecule has 51 heavy (non-hydrogen) atoms. The number of hydrogen-bond donors (Lipinski definition) is 6. The molecule has 2 aromatic carbocycles. The fraction of sp³-hybridized carbons (Fsp3) is 0.421. The highest BCUT2D eigenvalue weighted by Gasteiger charge is 2.31. The zero-order chi connectivity index (χ0) is 37.0. The van der Waals surface area contributed by atoms with E-state index >= 15 is 0 Å². The van der Waals surface area contributed by atoms with E-state index in [1.807, 2.05) is 82.3 Å². The van der Waals surface area contributed by atoms with Crippen molar-refractivity contribution in [1.29, 1.82) is 0 Å². The van der Waals surface area contributed by atoms with Crippen molar-refractivity contribution < 1.29 is 23.9 Å².